The highest BCUT2D eigenvalue weighted by molar-refractivity contribution is 7.85. The van der Waals surface area contributed by atoms with E-state index >= 15 is 0 Å². The standard InChI is InChI=1S/C26H45NO6S/c1-16(4-9-24(30)27-12-13-34(31,32)33)20-7-8-21-19-6-5-17-14-18(28)10-11-25(17,2)22(19)15-23(29)26(20,21)3/h16-23,28-29H,4-15H2,1-3H3,(H,27,30)(H,31,32,33)/t16-,17-,18-,19?,20?,21+,22?,23+,25+,26-/m1/s1. The first-order valence-corrected chi connectivity index (χ1v) is 15.0. The molecule has 4 rings (SSSR count). The van der Waals surface area contributed by atoms with Crippen molar-refractivity contribution in [1.82, 2.24) is 5.32 Å². The minimum absolute atomic E-state index is 0.0756. The fourth-order valence-corrected chi connectivity index (χ4v) is 9.49. The SMILES string of the molecule is C[C@H](CCC(=O)NCCS(=O)(=O)O)C1CC[C@H]2C3CC[C@@H]4C[C@H](O)CC[C@]4(C)C3C[C@H](O)[C@]12C. The maximum atomic E-state index is 12.2. The molecule has 0 spiro atoms. The molecule has 0 bridgehead atoms. The van der Waals surface area contributed by atoms with Crippen LogP contribution in [0.15, 0.2) is 0 Å². The maximum absolute atomic E-state index is 12.2. The molecule has 34 heavy (non-hydrogen) atoms. The van der Waals surface area contributed by atoms with Crippen molar-refractivity contribution in [3.63, 3.8) is 0 Å². The number of amides is 1. The molecule has 0 aliphatic heterocycles. The number of hydrogen-bond donors (Lipinski definition) is 4. The highest BCUT2D eigenvalue weighted by atomic mass is 32.2. The summed E-state index contributed by atoms with van der Waals surface area (Å²) in [7, 11) is -4.07. The van der Waals surface area contributed by atoms with Crippen molar-refractivity contribution in [2.24, 2.45) is 46.3 Å². The van der Waals surface area contributed by atoms with Crippen LogP contribution in [0.2, 0.25) is 0 Å². The van der Waals surface area contributed by atoms with E-state index in [1.54, 1.807) is 0 Å². The molecule has 3 unspecified atom stereocenters. The fourth-order valence-electron chi connectivity index (χ4n) is 9.13. The Balaban J connectivity index is 1.40. The molecule has 7 nitrogen and oxygen atoms in total. The smallest absolute Gasteiger partial charge is 0.266 e. The lowest BCUT2D eigenvalue weighted by Gasteiger charge is -2.62. The quantitative estimate of drug-likeness (QED) is 0.398. The van der Waals surface area contributed by atoms with Gasteiger partial charge in [0.05, 0.1) is 18.0 Å². The van der Waals surface area contributed by atoms with Crippen LogP contribution in [0.3, 0.4) is 0 Å². The average molecular weight is 500 g/mol. The first kappa shape index (κ1) is 26.4. The van der Waals surface area contributed by atoms with Crippen LogP contribution in [-0.4, -0.2) is 53.6 Å². The van der Waals surface area contributed by atoms with Crippen LogP contribution in [0.1, 0.15) is 85.0 Å². The predicted molar refractivity (Wildman–Crippen MR) is 130 cm³/mol. The number of aliphatic hydroxyl groups is 2. The van der Waals surface area contributed by atoms with Crippen molar-refractivity contribution in [2.45, 2.75) is 97.2 Å². The Bertz CT molecular complexity index is 863. The highest BCUT2D eigenvalue weighted by Gasteiger charge is 2.63. The summed E-state index contributed by atoms with van der Waals surface area (Å²) < 4.78 is 30.5. The molecule has 10 atom stereocenters. The van der Waals surface area contributed by atoms with E-state index in [2.05, 4.69) is 26.1 Å². The van der Waals surface area contributed by atoms with E-state index in [0.29, 0.717) is 48.3 Å². The molecule has 0 aromatic heterocycles. The van der Waals surface area contributed by atoms with E-state index in [1.807, 2.05) is 0 Å². The zero-order valence-electron chi connectivity index (χ0n) is 21.1. The van der Waals surface area contributed by atoms with Gasteiger partial charge in [0, 0.05) is 13.0 Å². The molecule has 196 valence electrons. The first-order chi connectivity index (χ1) is 15.9. The van der Waals surface area contributed by atoms with Gasteiger partial charge < -0.3 is 15.5 Å². The van der Waals surface area contributed by atoms with E-state index in [0.717, 1.165) is 38.5 Å². The lowest BCUT2D eigenvalue weighted by atomic mass is 9.43. The Hall–Kier alpha value is -0.700. The Kier molecular flexibility index (Phi) is 7.47. The second-order valence-electron chi connectivity index (χ2n) is 12.5. The number of rotatable bonds is 7. The van der Waals surface area contributed by atoms with Crippen molar-refractivity contribution in [1.29, 1.82) is 0 Å². The van der Waals surface area contributed by atoms with Crippen LogP contribution in [0.25, 0.3) is 0 Å². The molecule has 0 aromatic rings. The topological polar surface area (TPSA) is 124 Å². The first-order valence-electron chi connectivity index (χ1n) is 13.4. The largest absolute Gasteiger partial charge is 0.393 e. The molecular formula is C26H45NO6S. The Morgan fingerprint density at radius 3 is 2.50 bits per heavy atom. The summed E-state index contributed by atoms with van der Waals surface area (Å²) in [5.74, 6) is 2.28. The average Bonchev–Trinajstić information content (AvgIpc) is 3.11. The maximum Gasteiger partial charge on any atom is 0.266 e. The second-order valence-corrected chi connectivity index (χ2v) is 14.1. The molecule has 0 heterocycles. The molecule has 4 saturated carbocycles. The lowest BCUT2D eigenvalue weighted by Crippen LogP contribution is -2.58. The number of carbonyl (C=O) groups is 1. The molecule has 1 amide bonds. The van der Waals surface area contributed by atoms with E-state index in [-0.39, 0.29) is 35.5 Å². The molecule has 0 aromatic carbocycles. The van der Waals surface area contributed by atoms with Gasteiger partial charge in [0.2, 0.25) is 5.91 Å². The van der Waals surface area contributed by atoms with Gasteiger partial charge in [-0.3, -0.25) is 9.35 Å². The fraction of sp³-hybridized carbons (Fsp3) is 0.962. The van der Waals surface area contributed by atoms with Gasteiger partial charge in [0.25, 0.3) is 10.1 Å². The molecule has 8 heteroatoms. The third-order valence-electron chi connectivity index (χ3n) is 11.0. The van der Waals surface area contributed by atoms with Crippen LogP contribution in [0.5, 0.6) is 0 Å². The third-order valence-corrected chi connectivity index (χ3v) is 11.7. The van der Waals surface area contributed by atoms with Gasteiger partial charge in [-0.05, 0) is 104 Å². The zero-order valence-corrected chi connectivity index (χ0v) is 21.9. The number of aliphatic hydroxyl groups excluding tert-OH is 2. The molecular weight excluding hydrogens is 454 g/mol. The minimum atomic E-state index is -4.07. The summed E-state index contributed by atoms with van der Waals surface area (Å²) in [4.78, 5) is 12.2. The molecule has 4 fully saturated rings. The van der Waals surface area contributed by atoms with E-state index in [4.69, 9.17) is 4.55 Å². The van der Waals surface area contributed by atoms with Crippen molar-refractivity contribution in [2.75, 3.05) is 12.3 Å². The highest BCUT2D eigenvalue weighted by Crippen LogP contribution is 2.68. The van der Waals surface area contributed by atoms with Crippen molar-refractivity contribution in [3.8, 4) is 0 Å². The van der Waals surface area contributed by atoms with Gasteiger partial charge in [0.15, 0.2) is 0 Å². The van der Waals surface area contributed by atoms with Crippen molar-refractivity contribution < 1.29 is 28.0 Å². The van der Waals surface area contributed by atoms with Crippen molar-refractivity contribution in [3.05, 3.63) is 0 Å². The van der Waals surface area contributed by atoms with Crippen LogP contribution in [0.4, 0.5) is 0 Å². The van der Waals surface area contributed by atoms with Gasteiger partial charge in [-0.1, -0.05) is 20.8 Å². The number of hydrogen-bond acceptors (Lipinski definition) is 5. The lowest BCUT2D eigenvalue weighted by molar-refractivity contribution is -0.174. The normalized spacial score (nSPS) is 45.1. The summed E-state index contributed by atoms with van der Waals surface area (Å²) in [6, 6.07) is 0. The summed E-state index contributed by atoms with van der Waals surface area (Å²) >= 11 is 0. The Morgan fingerprint density at radius 1 is 1.06 bits per heavy atom. The molecule has 0 saturated heterocycles. The zero-order chi connectivity index (χ0) is 24.9. The van der Waals surface area contributed by atoms with E-state index in [9.17, 15) is 23.4 Å². The van der Waals surface area contributed by atoms with Gasteiger partial charge in [-0.15, -0.1) is 0 Å². The predicted octanol–water partition coefficient (Wildman–Crippen LogP) is 3.40. The number of fused-ring (bicyclic) bond motifs is 5. The molecule has 4 aliphatic rings. The summed E-state index contributed by atoms with van der Waals surface area (Å²) in [5.41, 5.74) is 0.105. The molecule has 4 N–H and O–H groups in total. The van der Waals surface area contributed by atoms with Gasteiger partial charge in [0.1, 0.15) is 0 Å². The van der Waals surface area contributed by atoms with Crippen LogP contribution in [0, 0.1) is 46.3 Å². The van der Waals surface area contributed by atoms with Crippen LogP contribution < -0.4 is 5.32 Å². The molecule has 0 radical (unpaired) electrons. The summed E-state index contributed by atoms with van der Waals surface area (Å²) in [5, 5.41) is 24.5. The van der Waals surface area contributed by atoms with Crippen LogP contribution >= 0.6 is 0 Å². The van der Waals surface area contributed by atoms with Crippen LogP contribution in [-0.2, 0) is 14.9 Å². The van der Waals surface area contributed by atoms with Crippen molar-refractivity contribution >= 4 is 16.0 Å². The summed E-state index contributed by atoms with van der Waals surface area (Å²) in [6.45, 7) is 6.86. The monoisotopic (exact) mass is 499 g/mol. The van der Waals surface area contributed by atoms with E-state index in [1.165, 1.54) is 12.8 Å². The Labute approximate surface area is 205 Å². The van der Waals surface area contributed by atoms with E-state index < -0.39 is 15.9 Å². The second kappa shape index (κ2) is 9.64. The minimum Gasteiger partial charge on any atom is -0.393 e. The number of carbonyl (C=O) groups excluding carboxylic acids is 1. The van der Waals surface area contributed by atoms with Gasteiger partial charge in [-0.2, -0.15) is 8.42 Å². The van der Waals surface area contributed by atoms with Gasteiger partial charge in [-0.25, -0.2) is 0 Å². The summed E-state index contributed by atoms with van der Waals surface area (Å²) in [6.07, 6.45) is 8.93. The Morgan fingerprint density at radius 2 is 1.79 bits per heavy atom. The molecule has 4 aliphatic carbocycles. The van der Waals surface area contributed by atoms with Gasteiger partial charge >= 0.3 is 0 Å². The third kappa shape index (κ3) is 4.81. The number of nitrogens with one attached hydrogen (secondary N) is 1.